The zero-order valence-electron chi connectivity index (χ0n) is 15.4. The fourth-order valence-corrected chi connectivity index (χ4v) is 4.00. The lowest BCUT2D eigenvalue weighted by molar-refractivity contribution is 0.316. The summed E-state index contributed by atoms with van der Waals surface area (Å²) in [6, 6.07) is 0. The van der Waals surface area contributed by atoms with E-state index < -0.39 is 0 Å². The number of nitrogen functional groups attached to an aromatic ring is 1. The van der Waals surface area contributed by atoms with E-state index in [2.05, 4.69) is 9.80 Å². The first-order chi connectivity index (χ1) is 12.1. The molecule has 0 aromatic carbocycles. The molecule has 0 radical (unpaired) electrons. The van der Waals surface area contributed by atoms with Crippen molar-refractivity contribution in [2.75, 3.05) is 43.4 Å². The molecule has 1 aromatic heterocycles. The number of piperidine rings is 1. The summed E-state index contributed by atoms with van der Waals surface area (Å²) in [4.78, 5) is 30.3. The molecule has 0 atom stereocenters. The van der Waals surface area contributed by atoms with Crippen molar-refractivity contribution in [2.45, 2.75) is 58.5 Å². The average Bonchev–Trinajstić information content (AvgIpc) is 3.13. The van der Waals surface area contributed by atoms with Crippen LogP contribution in [0.3, 0.4) is 0 Å². The molecule has 0 amide bonds. The minimum atomic E-state index is -0.260. The summed E-state index contributed by atoms with van der Waals surface area (Å²) in [7, 11) is 0. The van der Waals surface area contributed by atoms with Gasteiger partial charge in [-0.1, -0.05) is 6.92 Å². The third kappa shape index (κ3) is 3.76. The summed E-state index contributed by atoms with van der Waals surface area (Å²) in [5.41, 5.74) is 6.35. The number of nitrogens with two attached hydrogens (primary N) is 1. The highest BCUT2D eigenvalue weighted by Crippen LogP contribution is 2.21. The quantitative estimate of drug-likeness (QED) is 0.832. The van der Waals surface area contributed by atoms with Crippen molar-refractivity contribution < 1.29 is 0 Å². The lowest BCUT2D eigenvalue weighted by atomic mass is 10.1. The standard InChI is InChI=1S/C18H31N5O2/c1-2-8-22-16(19)15(21-11-4-3-5-12-21)17(24)23(18(22)25)14-13-20-9-6-7-10-20/h2-14,19H2,1H3. The predicted octanol–water partition coefficient (Wildman–Crippen LogP) is 1.09. The highest BCUT2D eigenvalue weighted by molar-refractivity contribution is 5.62. The Bertz CT molecular complexity index is 697. The molecule has 25 heavy (non-hydrogen) atoms. The van der Waals surface area contributed by atoms with E-state index in [1.54, 1.807) is 4.57 Å². The first-order valence-corrected chi connectivity index (χ1v) is 9.74. The number of hydrogen-bond donors (Lipinski definition) is 1. The van der Waals surface area contributed by atoms with Gasteiger partial charge in [0.25, 0.3) is 5.56 Å². The van der Waals surface area contributed by atoms with Gasteiger partial charge in [-0.05, 0) is 51.6 Å². The molecule has 0 aliphatic carbocycles. The molecule has 7 nitrogen and oxygen atoms in total. The summed E-state index contributed by atoms with van der Waals surface area (Å²) >= 11 is 0. The van der Waals surface area contributed by atoms with Gasteiger partial charge in [0.15, 0.2) is 0 Å². The molecule has 0 unspecified atom stereocenters. The zero-order valence-corrected chi connectivity index (χ0v) is 15.4. The van der Waals surface area contributed by atoms with Crippen molar-refractivity contribution in [1.29, 1.82) is 0 Å². The van der Waals surface area contributed by atoms with E-state index in [9.17, 15) is 9.59 Å². The van der Waals surface area contributed by atoms with Crippen LogP contribution in [0, 0.1) is 0 Å². The monoisotopic (exact) mass is 349 g/mol. The third-order valence-corrected chi connectivity index (χ3v) is 5.40. The van der Waals surface area contributed by atoms with Crippen molar-refractivity contribution in [3.8, 4) is 0 Å². The van der Waals surface area contributed by atoms with Gasteiger partial charge in [-0.25, -0.2) is 4.79 Å². The second kappa shape index (κ2) is 8.08. The Balaban J connectivity index is 1.98. The Hall–Kier alpha value is -1.76. The Kier molecular flexibility index (Phi) is 5.83. The van der Waals surface area contributed by atoms with Crippen LogP contribution < -0.4 is 21.9 Å². The van der Waals surface area contributed by atoms with E-state index in [-0.39, 0.29) is 11.2 Å². The van der Waals surface area contributed by atoms with Crippen LogP contribution in [0.25, 0.3) is 0 Å². The molecule has 3 heterocycles. The van der Waals surface area contributed by atoms with E-state index in [1.165, 1.54) is 23.8 Å². The van der Waals surface area contributed by atoms with Gasteiger partial charge < -0.3 is 15.5 Å². The number of likely N-dealkylation sites (tertiary alicyclic amines) is 1. The molecule has 2 fully saturated rings. The molecular weight excluding hydrogens is 318 g/mol. The van der Waals surface area contributed by atoms with Crippen LogP contribution in [0.5, 0.6) is 0 Å². The molecule has 0 spiro atoms. The van der Waals surface area contributed by atoms with Crippen molar-refractivity contribution in [2.24, 2.45) is 0 Å². The highest BCUT2D eigenvalue weighted by atomic mass is 16.2. The molecule has 2 aliphatic rings. The Morgan fingerprint density at radius 2 is 1.48 bits per heavy atom. The predicted molar refractivity (Wildman–Crippen MR) is 101 cm³/mol. The van der Waals surface area contributed by atoms with Crippen LogP contribution in [0.4, 0.5) is 11.5 Å². The first kappa shape index (κ1) is 18.0. The minimum absolute atomic E-state index is 0.212. The minimum Gasteiger partial charge on any atom is -0.383 e. The van der Waals surface area contributed by atoms with Gasteiger partial charge in [-0.2, -0.15) is 0 Å². The summed E-state index contributed by atoms with van der Waals surface area (Å²) in [6.07, 6.45) is 6.55. The first-order valence-electron chi connectivity index (χ1n) is 9.74. The maximum absolute atomic E-state index is 13.1. The number of rotatable bonds is 6. The maximum atomic E-state index is 13.1. The van der Waals surface area contributed by atoms with Crippen LogP contribution >= 0.6 is 0 Å². The largest absolute Gasteiger partial charge is 0.383 e. The van der Waals surface area contributed by atoms with Crippen LogP contribution in [-0.4, -0.2) is 46.8 Å². The second-order valence-corrected chi connectivity index (χ2v) is 7.22. The van der Waals surface area contributed by atoms with Gasteiger partial charge in [-0.15, -0.1) is 0 Å². The van der Waals surface area contributed by atoms with Crippen molar-refractivity contribution in [3.05, 3.63) is 20.8 Å². The van der Waals surface area contributed by atoms with Crippen molar-refractivity contribution >= 4 is 11.5 Å². The van der Waals surface area contributed by atoms with E-state index in [0.29, 0.717) is 24.6 Å². The smallest absolute Gasteiger partial charge is 0.332 e. The summed E-state index contributed by atoms with van der Waals surface area (Å²) in [5.74, 6) is 0.344. The van der Waals surface area contributed by atoms with E-state index >= 15 is 0 Å². The lowest BCUT2D eigenvalue weighted by Gasteiger charge is -2.30. The Morgan fingerprint density at radius 3 is 2.12 bits per heavy atom. The van der Waals surface area contributed by atoms with Crippen LogP contribution in [0.15, 0.2) is 9.59 Å². The second-order valence-electron chi connectivity index (χ2n) is 7.22. The molecule has 0 saturated carbocycles. The molecule has 7 heteroatoms. The van der Waals surface area contributed by atoms with Gasteiger partial charge in [0.2, 0.25) is 0 Å². The van der Waals surface area contributed by atoms with E-state index in [0.717, 1.165) is 52.0 Å². The fraction of sp³-hybridized carbons (Fsp3) is 0.778. The maximum Gasteiger partial charge on any atom is 0.332 e. The summed E-state index contributed by atoms with van der Waals surface area (Å²) in [6.45, 7) is 7.58. The van der Waals surface area contributed by atoms with Gasteiger partial charge in [0.05, 0.1) is 0 Å². The molecule has 2 N–H and O–H groups in total. The zero-order chi connectivity index (χ0) is 17.8. The third-order valence-electron chi connectivity index (χ3n) is 5.40. The van der Waals surface area contributed by atoms with Crippen LogP contribution in [-0.2, 0) is 13.1 Å². The summed E-state index contributed by atoms with van der Waals surface area (Å²) in [5, 5.41) is 0. The average molecular weight is 349 g/mol. The topological polar surface area (TPSA) is 76.5 Å². The molecule has 2 aliphatic heterocycles. The molecule has 1 aromatic rings. The molecule has 140 valence electrons. The van der Waals surface area contributed by atoms with E-state index in [4.69, 9.17) is 5.73 Å². The van der Waals surface area contributed by atoms with Crippen LogP contribution in [0.2, 0.25) is 0 Å². The molecule has 3 rings (SSSR count). The number of nitrogens with zero attached hydrogens (tertiary/aromatic N) is 4. The van der Waals surface area contributed by atoms with Gasteiger partial charge in [0, 0.05) is 32.7 Å². The molecule has 2 saturated heterocycles. The number of aromatic nitrogens is 2. The summed E-state index contributed by atoms with van der Waals surface area (Å²) < 4.78 is 3.00. The lowest BCUT2D eigenvalue weighted by Crippen LogP contribution is -2.47. The molecular formula is C18H31N5O2. The SMILES string of the molecule is CCCn1c(N)c(N2CCCCC2)c(=O)n(CCN2CCCC2)c1=O. The van der Waals surface area contributed by atoms with Gasteiger partial charge in [-0.3, -0.25) is 13.9 Å². The van der Waals surface area contributed by atoms with Crippen LogP contribution in [0.1, 0.15) is 45.4 Å². The van der Waals surface area contributed by atoms with Gasteiger partial charge in [0.1, 0.15) is 11.5 Å². The highest BCUT2D eigenvalue weighted by Gasteiger charge is 2.23. The number of anilines is 2. The fourth-order valence-electron chi connectivity index (χ4n) is 4.00. The van der Waals surface area contributed by atoms with Crippen molar-refractivity contribution in [3.63, 3.8) is 0 Å². The molecule has 0 bridgehead atoms. The van der Waals surface area contributed by atoms with Gasteiger partial charge >= 0.3 is 5.69 Å². The Labute approximate surface area is 149 Å². The number of hydrogen-bond acceptors (Lipinski definition) is 5. The Morgan fingerprint density at radius 1 is 0.840 bits per heavy atom. The van der Waals surface area contributed by atoms with E-state index in [1.807, 2.05) is 6.92 Å². The van der Waals surface area contributed by atoms with Crippen molar-refractivity contribution in [1.82, 2.24) is 14.0 Å². The normalized spacial score (nSPS) is 18.8.